The number of halogens is 3. The highest BCUT2D eigenvalue weighted by Crippen LogP contribution is 2.23. The summed E-state index contributed by atoms with van der Waals surface area (Å²) in [5.74, 6) is 0.496. The maximum atomic E-state index is 12.3. The number of nitrogens with zero attached hydrogens (tertiary/aromatic N) is 4. The van der Waals surface area contributed by atoms with Crippen LogP contribution in [0, 0.1) is 17.2 Å². The van der Waals surface area contributed by atoms with Gasteiger partial charge in [0.15, 0.2) is 5.82 Å². The molecule has 1 aliphatic rings. The van der Waals surface area contributed by atoms with Crippen LogP contribution in [0.2, 0.25) is 0 Å². The number of aromatic nitrogens is 2. The lowest BCUT2D eigenvalue weighted by molar-refractivity contribution is -0.143. The van der Waals surface area contributed by atoms with Gasteiger partial charge < -0.3 is 5.32 Å². The molecule has 5 nitrogen and oxygen atoms in total. The van der Waals surface area contributed by atoms with Crippen LogP contribution in [0.5, 0.6) is 0 Å². The van der Waals surface area contributed by atoms with Crippen molar-refractivity contribution in [3.05, 3.63) is 17.8 Å². The summed E-state index contributed by atoms with van der Waals surface area (Å²) >= 11 is 0. The lowest BCUT2D eigenvalue weighted by Gasteiger charge is -2.18. The van der Waals surface area contributed by atoms with Crippen LogP contribution in [0.4, 0.5) is 19.0 Å². The van der Waals surface area contributed by atoms with Crippen LogP contribution in [-0.2, 0) is 0 Å². The van der Waals surface area contributed by atoms with Gasteiger partial charge in [-0.3, -0.25) is 4.90 Å². The minimum atomic E-state index is -4.15. The largest absolute Gasteiger partial charge is 0.401 e. The van der Waals surface area contributed by atoms with Crippen LogP contribution < -0.4 is 5.32 Å². The summed E-state index contributed by atoms with van der Waals surface area (Å²) in [7, 11) is 0. The van der Waals surface area contributed by atoms with Crippen molar-refractivity contribution in [2.75, 3.05) is 31.5 Å². The monoisotopic (exact) mass is 285 g/mol. The molecular formula is C12H14F3N5. The van der Waals surface area contributed by atoms with Crippen LogP contribution >= 0.6 is 0 Å². The highest BCUT2D eigenvalue weighted by Gasteiger charge is 2.34. The van der Waals surface area contributed by atoms with Gasteiger partial charge in [-0.15, -0.1) is 5.10 Å². The maximum absolute atomic E-state index is 12.3. The van der Waals surface area contributed by atoms with Gasteiger partial charge >= 0.3 is 6.18 Å². The SMILES string of the molecule is N#Cc1ccnnc1NCC1CCN(CC(F)(F)F)C1. The van der Waals surface area contributed by atoms with Gasteiger partial charge in [-0.1, -0.05) is 0 Å². The molecule has 2 heterocycles. The number of alkyl halides is 3. The minimum absolute atomic E-state index is 0.117. The molecule has 0 bridgehead atoms. The lowest BCUT2D eigenvalue weighted by atomic mass is 10.1. The standard InChI is InChI=1S/C12H14F3N5/c13-12(14,15)8-20-4-2-9(7-20)6-17-11-10(5-16)1-3-18-19-11/h1,3,9H,2,4,6-8H2,(H,17,19). The molecule has 20 heavy (non-hydrogen) atoms. The molecule has 8 heteroatoms. The third kappa shape index (κ3) is 4.06. The molecule has 1 fully saturated rings. The van der Waals surface area contributed by atoms with Crippen LogP contribution in [0.25, 0.3) is 0 Å². The van der Waals surface area contributed by atoms with Gasteiger partial charge in [-0.05, 0) is 24.9 Å². The Morgan fingerprint density at radius 1 is 1.50 bits per heavy atom. The quantitative estimate of drug-likeness (QED) is 0.911. The van der Waals surface area contributed by atoms with E-state index in [4.69, 9.17) is 5.26 Å². The first-order valence-electron chi connectivity index (χ1n) is 6.22. The fraction of sp³-hybridized carbons (Fsp3) is 0.583. The molecule has 1 atom stereocenters. The second-order valence-electron chi connectivity index (χ2n) is 4.79. The Morgan fingerprint density at radius 3 is 3.00 bits per heavy atom. The Morgan fingerprint density at radius 2 is 2.30 bits per heavy atom. The van der Waals surface area contributed by atoms with Gasteiger partial charge in [-0.25, -0.2) is 0 Å². The number of nitriles is 1. The zero-order valence-electron chi connectivity index (χ0n) is 10.7. The molecule has 1 aromatic rings. The van der Waals surface area contributed by atoms with Crippen molar-refractivity contribution in [3.8, 4) is 6.07 Å². The molecule has 2 rings (SSSR count). The minimum Gasteiger partial charge on any atom is -0.367 e. The second-order valence-corrected chi connectivity index (χ2v) is 4.79. The molecule has 0 aliphatic carbocycles. The van der Waals surface area contributed by atoms with Crippen molar-refractivity contribution in [1.82, 2.24) is 15.1 Å². The maximum Gasteiger partial charge on any atom is 0.401 e. The molecule has 0 spiro atoms. The number of nitrogens with one attached hydrogen (secondary N) is 1. The van der Waals surface area contributed by atoms with Crippen molar-refractivity contribution in [3.63, 3.8) is 0 Å². The molecule has 1 N–H and O–H groups in total. The summed E-state index contributed by atoms with van der Waals surface area (Å²) in [6.45, 7) is 0.464. The molecule has 1 aliphatic heterocycles. The van der Waals surface area contributed by atoms with Crippen molar-refractivity contribution < 1.29 is 13.2 Å². The normalized spacial score (nSPS) is 19.8. The molecule has 1 aromatic heterocycles. The van der Waals surface area contributed by atoms with E-state index in [-0.39, 0.29) is 5.92 Å². The third-order valence-corrected chi connectivity index (χ3v) is 3.17. The summed E-state index contributed by atoms with van der Waals surface area (Å²) in [6, 6.07) is 3.53. The zero-order chi connectivity index (χ0) is 14.6. The lowest BCUT2D eigenvalue weighted by Crippen LogP contribution is -2.33. The molecule has 0 aromatic carbocycles. The Labute approximate surface area is 114 Å². The van der Waals surface area contributed by atoms with Crippen LogP contribution in [0.1, 0.15) is 12.0 Å². The first-order chi connectivity index (χ1) is 9.48. The predicted octanol–water partition coefficient (Wildman–Crippen LogP) is 1.64. The van der Waals surface area contributed by atoms with E-state index in [1.807, 2.05) is 6.07 Å². The van der Waals surface area contributed by atoms with E-state index < -0.39 is 12.7 Å². The predicted molar refractivity (Wildman–Crippen MR) is 65.8 cm³/mol. The number of hydrogen-bond acceptors (Lipinski definition) is 5. The fourth-order valence-corrected chi connectivity index (χ4v) is 2.27. The second kappa shape index (κ2) is 6.05. The van der Waals surface area contributed by atoms with E-state index in [0.717, 1.165) is 0 Å². The smallest absolute Gasteiger partial charge is 0.367 e. The summed E-state index contributed by atoms with van der Waals surface area (Å²) in [5, 5.41) is 19.4. The van der Waals surface area contributed by atoms with Gasteiger partial charge in [0.1, 0.15) is 6.07 Å². The molecule has 1 unspecified atom stereocenters. The van der Waals surface area contributed by atoms with E-state index in [2.05, 4.69) is 15.5 Å². The zero-order valence-corrected chi connectivity index (χ0v) is 10.7. The van der Waals surface area contributed by atoms with Crippen LogP contribution in [-0.4, -0.2) is 47.5 Å². The van der Waals surface area contributed by atoms with E-state index in [9.17, 15) is 13.2 Å². The molecule has 0 saturated carbocycles. The molecule has 0 amide bonds. The average Bonchev–Trinajstić information content (AvgIpc) is 2.82. The Bertz CT molecular complexity index is 497. The van der Waals surface area contributed by atoms with Crippen molar-refractivity contribution in [2.24, 2.45) is 5.92 Å². The van der Waals surface area contributed by atoms with E-state index in [1.54, 1.807) is 6.07 Å². The van der Waals surface area contributed by atoms with Gasteiger partial charge in [0.05, 0.1) is 18.3 Å². The van der Waals surface area contributed by atoms with Crippen molar-refractivity contribution in [1.29, 1.82) is 5.26 Å². The number of rotatable bonds is 4. The first-order valence-corrected chi connectivity index (χ1v) is 6.22. The summed E-state index contributed by atoms with van der Waals surface area (Å²) in [4.78, 5) is 1.40. The summed E-state index contributed by atoms with van der Waals surface area (Å²) in [6.07, 6.45) is -2.03. The number of anilines is 1. The summed E-state index contributed by atoms with van der Waals surface area (Å²) < 4.78 is 36.8. The average molecular weight is 285 g/mol. The molecular weight excluding hydrogens is 271 g/mol. The molecule has 0 radical (unpaired) electrons. The fourth-order valence-electron chi connectivity index (χ4n) is 2.27. The van der Waals surface area contributed by atoms with Gasteiger partial charge in [0.2, 0.25) is 0 Å². The van der Waals surface area contributed by atoms with Crippen LogP contribution in [0.15, 0.2) is 12.3 Å². The molecule has 1 saturated heterocycles. The van der Waals surface area contributed by atoms with E-state index in [0.29, 0.717) is 37.4 Å². The van der Waals surface area contributed by atoms with Crippen LogP contribution in [0.3, 0.4) is 0 Å². The first kappa shape index (κ1) is 14.5. The van der Waals surface area contributed by atoms with Crippen molar-refractivity contribution in [2.45, 2.75) is 12.6 Å². The Hall–Kier alpha value is -1.88. The van der Waals surface area contributed by atoms with Gasteiger partial charge in [-0.2, -0.15) is 23.5 Å². The van der Waals surface area contributed by atoms with Gasteiger partial charge in [0, 0.05) is 13.1 Å². The molecule has 108 valence electrons. The number of likely N-dealkylation sites (tertiary alicyclic amines) is 1. The Kier molecular flexibility index (Phi) is 4.39. The van der Waals surface area contributed by atoms with E-state index in [1.165, 1.54) is 11.1 Å². The topological polar surface area (TPSA) is 64.8 Å². The van der Waals surface area contributed by atoms with E-state index >= 15 is 0 Å². The van der Waals surface area contributed by atoms with Crippen molar-refractivity contribution >= 4 is 5.82 Å². The highest BCUT2D eigenvalue weighted by molar-refractivity contribution is 5.50. The number of hydrogen-bond donors (Lipinski definition) is 1. The summed E-state index contributed by atoms with van der Waals surface area (Å²) in [5.41, 5.74) is 0.380. The Balaban J connectivity index is 1.83. The van der Waals surface area contributed by atoms with Gasteiger partial charge in [0.25, 0.3) is 0 Å². The third-order valence-electron chi connectivity index (χ3n) is 3.17. The highest BCUT2D eigenvalue weighted by atomic mass is 19.4.